The van der Waals surface area contributed by atoms with Crippen LogP contribution in [0, 0.1) is 3.57 Å². The van der Waals surface area contributed by atoms with E-state index in [0.717, 1.165) is 13.0 Å². The Morgan fingerprint density at radius 3 is 2.28 bits per heavy atom. The van der Waals surface area contributed by atoms with Crippen LogP contribution < -0.4 is 5.32 Å². The van der Waals surface area contributed by atoms with Crippen LogP contribution >= 0.6 is 22.6 Å². The summed E-state index contributed by atoms with van der Waals surface area (Å²) in [5, 5.41) is 11.1. The Morgan fingerprint density at radius 2 is 1.89 bits per heavy atom. The molecule has 0 radical (unpaired) electrons. The number of benzene rings is 1. The molecule has 1 amide bonds. The molecule has 18 heavy (non-hydrogen) atoms. The molecule has 4 nitrogen and oxygen atoms in total. The number of hydrogen-bond acceptors (Lipinski definition) is 2. The first-order chi connectivity index (χ1) is 8.12. The molecule has 0 bridgehead atoms. The van der Waals surface area contributed by atoms with Crippen LogP contribution in [0.1, 0.15) is 22.8 Å². The highest BCUT2D eigenvalue weighted by Crippen LogP contribution is 2.34. The molecular weight excluding hydrogens is 366 g/mol. The first kappa shape index (κ1) is 14.7. The van der Waals surface area contributed by atoms with Gasteiger partial charge in [0.25, 0.3) is 0 Å². The van der Waals surface area contributed by atoms with Gasteiger partial charge in [0.15, 0.2) is 0 Å². The predicted molar refractivity (Wildman–Crippen MR) is 65.4 cm³/mol. The van der Waals surface area contributed by atoms with E-state index in [2.05, 4.69) is 5.32 Å². The van der Waals surface area contributed by atoms with Gasteiger partial charge in [-0.2, -0.15) is 13.2 Å². The van der Waals surface area contributed by atoms with Crippen molar-refractivity contribution in [1.82, 2.24) is 0 Å². The highest BCUT2D eigenvalue weighted by molar-refractivity contribution is 14.1. The lowest BCUT2D eigenvalue weighted by atomic mass is 10.1. The number of halogens is 4. The minimum absolute atomic E-state index is 0.00928. The lowest BCUT2D eigenvalue weighted by Crippen LogP contribution is -2.15. The number of carboxylic acid groups (broad SMARTS) is 1. The zero-order valence-corrected chi connectivity index (χ0v) is 11.1. The fourth-order valence-electron chi connectivity index (χ4n) is 1.24. The maximum atomic E-state index is 12.5. The number of anilines is 1. The summed E-state index contributed by atoms with van der Waals surface area (Å²) in [7, 11) is 0. The molecule has 0 heterocycles. The van der Waals surface area contributed by atoms with Crippen molar-refractivity contribution >= 4 is 40.2 Å². The molecule has 0 atom stereocenters. The van der Waals surface area contributed by atoms with Gasteiger partial charge in [0.05, 0.1) is 16.8 Å². The second-order valence-corrected chi connectivity index (χ2v) is 4.53. The van der Waals surface area contributed by atoms with Crippen molar-refractivity contribution in [3.05, 3.63) is 26.8 Å². The molecule has 0 aliphatic carbocycles. The first-order valence-electron chi connectivity index (χ1n) is 4.54. The number of carbonyl (C=O) groups excluding carboxylic acids is 1. The number of amides is 1. The van der Waals surface area contributed by atoms with Crippen molar-refractivity contribution in [2.75, 3.05) is 5.32 Å². The molecule has 1 aromatic rings. The van der Waals surface area contributed by atoms with E-state index in [1.54, 1.807) is 22.6 Å². The normalized spacial score (nSPS) is 11.2. The number of hydrogen-bond donors (Lipinski definition) is 2. The fraction of sp³-hybridized carbons (Fsp3) is 0.200. The zero-order valence-electron chi connectivity index (χ0n) is 8.93. The van der Waals surface area contributed by atoms with Gasteiger partial charge in [-0.25, -0.2) is 4.79 Å². The minimum atomic E-state index is -4.64. The van der Waals surface area contributed by atoms with Crippen molar-refractivity contribution < 1.29 is 27.9 Å². The van der Waals surface area contributed by atoms with Crippen LogP contribution in [0.15, 0.2) is 12.1 Å². The van der Waals surface area contributed by atoms with Crippen molar-refractivity contribution in [1.29, 1.82) is 0 Å². The quantitative estimate of drug-likeness (QED) is 0.784. The van der Waals surface area contributed by atoms with Gasteiger partial charge < -0.3 is 10.4 Å². The molecule has 0 aromatic heterocycles. The molecule has 0 fully saturated rings. The Kier molecular flexibility index (Phi) is 4.20. The van der Waals surface area contributed by atoms with Crippen LogP contribution in [0.3, 0.4) is 0 Å². The Hall–Kier alpha value is -1.32. The summed E-state index contributed by atoms with van der Waals surface area (Å²) in [4.78, 5) is 21.8. The smallest absolute Gasteiger partial charge is 0.416 e. The number of aromatic carboxylic acids is 1. The van der Waals surface area contributed by atoms with E-state index >= 15 is 0 Å². The number of carbonyl (C=O) groups is 2. The van der Waals surface area contributed by atoms with E-state index in [4.69, 9.17) is 5.11 Å². The van der Waals surface area contributed by atoms with Gasteiger partial charge in [-0.3, -0.25) is 4.79 Å². The molecule has 0 saturated heterocycles. The van der Waals surface area contributed by atoms with Crippen molar-refractivity contribution in [2.45, 2.75) is 13.1 Å². The van der Waals surface area contributed by atoms with Gasteiger partial charge in [-0.1, -0.05) is 0 Å². The van der Waals surface area contributed by atoms with E-state index in [1.807, 2.05) is 0 Å². The van der Waals surface area contributed by atoms with Crippen LogP contribution in [0.4, 0.5) is 18.9 Å². The van der Waals surface area contributed by atoms with Crippen LogP contribution in [0.5, 0.6) is 0 Å². The number of alkyl halides is 3. The summed E-state index contributed by atoms with van der Waals surface area (Å²) in [6, 6.07) is 1.27. The lowest BCUT2D eigenvalue weighted by Gasteiger charge is -2.13. The van der Waals surface area contributed by atoms with Crippen LogP contribution in [-0.4, -0.2) is 17.0 Å². The van der Waals surface area contributed by atoms with E-state index < -0.39 is 29.2 Å². The summed E-state index contributed by atoms with van der Waals surface area (Å²) < 4.78 is 37.6. The Morgan fingerprint density at radius 1 is 1.33 bits per heavy atom. The maximum absolute atomic E-state index is 12.5. The van der Waals surface area contributed by atoms with Gasteiger partial charge in [-0.05, 0) is 34.7 Å². The van der Waals surface area contributed by atoms with Crippen LogP contribution in [-0.2, 0) is 11.0 Å². The molecular formula is C10H7F3INO3. The summed E-state index contributed by atoms with van der Waals surface area (Å²) >= 11 is 1.54. The van der Waals surface area contributed by atoms with Gasteiger partial charge >= 0.3 is 12.1 Å². The second-order valence-electron chi connectivity index (χ2n) is 3.36. The first-order valence-corrected chi connectivity index (χ1v) is 5.62. The molecule has 0 spiro atoms. The fourth-order valence-corrected chi connectivity index (χ4v) is 2.00. The predicted octanol–water partition coefficient (Wildman–Crippen LogP) is 2.97. The van der Waals surface area contributed by atoms with E-state index in [9.17, 15) is 22.8 Å². The maximum Gasteiger partial charge on any atom is 0.416 e. The molecule has 2 N–H and O–H groups in total. The van der Waals surface area contributed by atoms with Crippen molar-refractivity contribution in [3.8, 4) is 0 Å². The third kappa shape index (κ3) is 3.34. The summed E-state index contributed by atoms with van der Waals surface area (Å²) in [5.74, 6) is -2.10. The molecule has 1 aromatic carbocycles. The molecule has 1 rings (SSSR count). The third-order valence-corrected chi connectivity index (χ3v) is 2.80. The van der Waals surface area contributed by atoms with Crippen molar-refractivity contribution in [3.63, 3.8) is 0 Å². The van der Waals surface area contributed by atoms with E-state index in [0.29, 0.717) is 6.07 Å². The third-order valence-electron chi connectivity index (χ3n) is 1.95. The molecule has 0 saturated carbocycles. The monoisotopic (exact) mass is 373 g/mol. The Labute approximate surface area is 113 Å². The number of rotatable bonds is 2. The molecule has 98 valence electrons. The minimum Gasteiger partial charge on any atom is -0.478 e. The average Bonchev–Trinajstić information content (AvgIpc) is 2.17. The van der Waals surface area contributed by atoms with Crippen LogP contribution in [0.2, 0.25) is 0 Å². The molecule has 8 heteroatoms. The van der Waals surface area contributed by atoms with Gasteiger partial charge in [0.2, 0.25) is 5.91 Å². The standard InChI is InChI=1S/C10H7F3INO3/c1-4(16)15-8-6(9(17)18)2-5(3-7(8)14)10(11,12)13/h2-3H,1H3,(H,15,16)(H,17,18). The Bertz CT molecular complexity index is 514. The van der Waals surface area contributed by atoms with Crippen LogP contribution in [0.25, 0.3) is 0 Å². The molecule has 0 aliphatic heterocycles. The van der Waals surface area contributed by atoms with Gasteiger partial charge in [0, 0.05) is 10.5 Å². The largest absolute Gasteiger partial charge is 0.478 e. The average molecular weight is 373 g/mol. The summed E-state index contributed by atoms with van der Waals surface area (Å²) in [6.07, 6.45) is -4.64. The zero-order chi connectivity index (χ0) is 14.1. The van der Waals surface area contributed by atoms with Crippen molar-refractivity contribution in [2.24, 2.45) is 0 Å². The van der Waals surface area contributed by atoms with Gasteiger partial charge in [0.1, 0.15) is 0 Å². The summed E-state index contributed by atoms with van der Waals surface area (Å²) in [6.45, 7) is 1.14. The number of nitrogens with one attached hydrogen (secondary N) is 1. The highest BCUT2D eigenvalue weighted by atomic mass is 127. The lowest BCUT2D eigenvalue weighted by molar-refractivity contribution is -0.137. The SMILES string of the molecule is CC(=O)Nc1c(I)cc(C(F)(F)F)cc1C(=O)O. The molecule has 0 unspecified atom stereocenters. The van der Waals surface area contributed by atoms with Gasteiger partial charge in [-0.15, -0.1) is 0 Å². The van der Waals surface area contributed by atoms with E-state index in [1.165, 1.54) is 0 Å². The van der Waals surface area contributed by atoms with E-state index in [-0.39, 0.29) is 9.26 Å². The number of carboxylic acids is 1. The topological polar surface area (TPSA) is 66.4 Å². The second kappa shape index (κ2) is 5.12. The Balaban J connectivity index is 3.45. The highest BCUT2D eigenvalue weighted by Gasteiger charge is 2.33. The molecule has 0 aliphatic rings. The summed E-state index contributed by atoms with van der Waals surface area (Å²) in [5.41, 5.74) is -1.80.